The Morgan fingerprint density at radius 3 is 3.00 bits per heavy atom. The largest absolute Gasteiger partial charge is 0.342 e. The number of aryl methyl sites for hydroxylation is 2. The van der Waals surface area contributed by atoms with Crippen LogP contribution in [-0.4, -0.2) is 37.3 Å². The summed E-state index contributed by atoms with van der Waals surface area (Å²) in [7, 11) is 0. The minimum absolute atomic E-state index is 0.0740. The fourth-order valence-electron chi connectivity index (χ4n) is 3.53. The van der Waals surface area contributed by atoms with Crippen molar-refractivity contribution in [2.75, 3.05) is 6.54 Å². The maximum Gasteiger partial charge on any atom is 0.223 e. The van der Waals surface area contributed by atoms with Gasteiger partial charge in [0, 0.05) is 25.6 Å². The molecule has 1 aliphatic heterocycles. The highest BCUT2D eigenvalue weighted by atomic mass is 16.2. The van der Waals surface area contributed by atoms with Crippen LogP contribution in [0.4, 0.5) is 0 Å². The van der Waals surface area contributed by atoms with Crippen LogP contribution in [0.15, 0.2) is 36.5 Å². The third kappa shape index (κ3) is 3.24. The molecule has 1 amide bonds. The summed E-state index contributed by atoms with van der Waals surface area (Å²) in [4.78, 5) is 31.2. The number of benzene rings is 1. The summed E-state index contributed by atoms with van der Waals surface area (Å²) < 4.78 is 0. The molecular weight excluding hydrogens is 314 g/mol. The van der Waals surface area contributed by atoms with Crippen molar-refractivity contribution >= 4 is 16.9 Å². The molecular formula is C19H21N5O. The molecule has 0 unspecified atom stereocenters. The molecule has 1 N–H and O–H groups in total. The van der Waals surface area contributed by atoms with E-state index >= 15 is 0 Å². The van der Waals surface area contributed by atoms with Crippen molar-refractivity contribution in [1.82, 2.24) is 24.8 Å². The number of nitrogens with one attached hydrogen (secondary N) is 1. The average Bonchev–Trinajstić information content (AvgIpc) is 3.26. The number of amides is 1. The molecule has 4 rings (SSSR count). The number of H-pyrrole nitrogens is 1. The number of aromatic amines is 1. The van der Waals surface area contributed by atoms with Gasteiger partial charge in [0.2, 0.25) is 5.91 Å². The smallest absolute Gasteiger partial charge is 0.223 e. The first-order valence-electron chi connectivity index (χ1n) is 8.73. The summed E-state index contributed by atoms with van der Waals surface area (Å²) >= 11 is 0. The van der Waals surface area contributed by atoms with Crippen LogP contribution in [-0.2, 0) is 11.2 Å². The van der Waals surface area contributed by atoms with Crippen LogP contribution in [0.1, 0.15) is 42.6 Å². The SMILES string of the molecule is Cc1nccc([C@H]2CCCN2C(=O)CCc2nc3ccccc3[nH]2)n1. The number of fused-ring (bicyclic) bond motifs is 1. The lowest BCUT2D eigenvalue weighted by Gasteiger charge is -2.24. The van der Waals surface area contributed by atoms with Gasteiger partial charge in [-0.1, -0.05) is 12.1 Å². The molecule has 1 aliphatic rings. The molecule has 1 fully saturated rings. The van der Waals surface area contributed by atoms with Gasteiger partial charge in [0.05, 0.1) is 22.8 Å². The standard InChI is InChI=1S/C19H21N5O/c1-13-20-11-10-16(21-13)17-7-4-12-24(17)19(25)9-8-18-22-14-5-2-3-6-15(14)23-18/h2-3,5-6,10-11,17H,4,7-9,12H2,1H3,(H,22,23)/t17-/m1/s1. The average molecular weight is 335 g/mol. The number of nitrogens with zero attached hydrogens (tertiary/aromatic N) is 4. The Bertz CT molecular complexity index is 870. The molecule has 6 nitrogen and oxygen atoms in total. The minimum atomic E-state index is 0.0740. The monoisotopic (exact) mass is 335 g/mol. The molecule has 1 saturated heterocycles. The van der Waals surface area contributed by atoms with Gasteiger partial charge in [-0.15, -0.1) is 0 Å². The van der Waals surface area contributed by atoms with Crippen LogP contribution >= 0.6 is 0 Å². The number of hydrogen-bond acceptors (Lipinski definition) is 4. The summed E-state index contributed by atoms with van der Waals surface area (Å²) in [6.45, 7) is 2.68. The van der Waals surface area contributed by atoms with Crippen LogP contribution in [0.2, 0.25) is 0 Å². The molecule has 128 valence electrons. The minimum Gasteiger partial charge on any atom is -0.342 e. The first-order valence-corrected chi connectivity index (χ1v) is 8.73. The van der Waals surface area contributed by atoms with Crippen LogP contribution in [0.5, 0.6) is 0 Å². The molecule has 0 spiro atoms. The first kappa shape index (κ1) is 15.7. The summed E-state index contributed by atoms with van der Waals surface area (Å²) in [5, 5.41) is 0. The lowest BCUT2D eigenvalue weighted by molar-refractivity contribution is -0.132. The summed E-state index contributed by atoms with van der Waals surface area (Å²) in [6.07, 6.45) is 4.84. The zero-order valence-corrected chi connectivity index (χ0v) is 14.3. The van der Waals surface area contributed by atoms with Gasteiger partial charge < -0.3 is 9.88 Å². The molecule has 0 bridgehead atoms. The summed E-state index contributed by atoms with van der Waals surface area (Å²) in [6, 6.07) is 9.92. The predicted octanol–water partition coefficient (Wildman–Crippen LogP) is 2.96. The fraction of sp³-hybridized carbons (Fsp3) is 0.368. The summed E-state index contributed by atoms with van der Waals surface area (Å²) in [5.74, 6) is 1.78. The molecule has 6 heteroatoms. The van der Waals surface area contributed by atoms with Crippen molar-refractivity contribution in [1.29, 1.82) is 0 Å². The van der Waals surface area contributed by atoms with Crippen LogP contribution < -0.4 is 0 Å². The number of rotatable bonds is 4. The maximum atomic E-state index is 12.7. The van der Waals surface area contributed by atoms with Gasteiger partial charge in [-0.3, -0.25) is 4.79 Å². The second-order valence-electron chi connectivity index (χ2n) is 6.47. The molecule has 0 aliphatic carbocycles. The topological polar surface area (TPSA) is 74.8 Å². The van der Waals surface area contributed by atoms with Gasteiger partial charge in [-0.05, 0) is 38.0 Å². The Morgan fingerprint density at radius 2 is 2.16 bits per heavy atom. The molecule has 25 heavy (non-hydrogen) atoms. The third-order valence-electron chi connectivity index (χ3n) is 4.73. The van der Waals surface area contributed by atoms with E-state index in [1.807, 2.05) is 42.2 Å². The molecule has 0 radical (unpaired) electrons. The van der Waals surface area contributed by atoms with Crippen molar-refractivity contribution in [2.24, 2.45) is 0 Å². The number of carbonyl (C=O) groups excluding carboxylic acids is 1. The Morgan fingerprint density at radius 1 is 1.28 bits per heavy atom. The third-order valence-corrected chi connectivity index (χ3v) is 4.73. The predicted molar refractivity (Wildman–Crippen MR) is 94.9 cm³/mol. The molecule has 3 aromatic rings. The van der Waals surface area contributed by atoms with E-state index in [2.05, 4.69) is 19.9 Å². The van der Waals surface area contributed by atoms with Crippen molar-refractivity contribution in [3.8, 4) is 0 Å². The van der Waals surface area contributed by atoms with Gasteiger partial charge in [0.15, 0.2) is 0 Å². The van der Waals surface area contributed by atoms with E-state index in [4.69, 9.17) is 0 Å². The van der Waals surface area contributed by atoms with Gasteiger partial charge in [0.25, 0.3) is 0 Å². The van der Waals surface area contributed by atoms with Gasteiger partial charge in [0.1, 0.15) is 11.6 Å². The zero-order chi connectivity index (χ0) is 17.2. The van der Waals surface area contributed by atoms with E-state index in [0.717, 1.165) is 47.8 Å². The molecule has 3 heterocycles. The van der Waals surface area contributed by atoms with Gasteiger partial charge in [-0.25, -0.2) is 15.0 Å². The lowest BCUT2D eigenvalue weighted by atomic mass is 10.1. The van der Waals surface area contributed by atoms with E-state index < -0.39 is 0 Å². The number of carbonyl (C=O) groups is 1. The second kappa shape index (κ2) is 6.63. The van der Waals surface area contributed by atoms with Crippen LogP contribution in [0, 0.1) is 6.92 Å². The lowest BCUT2D eigenvalue weighted by Crippen LogP contribution is -2.31. The molecule has 1 aromatic carbocycles. The zero-order valence-electron chi connectivity index (χ0n) is 14.3. The highest BCUT2D eigenvalue weighted by Gasteiger charge is 2.30. The van der Waals surface area contributed by atoms with E-state index in [-0.39, 0.29) is 11.9 Å². The maximum absolute atomic E-state index is 12.7. The Labute approximate surface area is 146 Å². The highest BCUT2D eigenvalue weighted by Crippen LogP contribution is 2.31. The van der Waals surface area contributed by atoms with Crippen molar-refractivity contribution in [3.63, 3.8) is 0 Å². The van der Waals surface area contributed by atoms with Crippen LogP contribution in [0.3, 0.4) is 0 Å². The normalized spacial score (nSPS) is 17.3. The number of para-hydroxylation sites is 2. The van der Waals surface area contributed by atoms with E-state index in [1.54, 1.807) is 6.20 Å². The Hall–Kier alpha value is -2.76. The van der Waals surface area contributed by atoms with Crippen molar-refractivity contribution in [2.45, 2.75) is 38.6 Å². The number of hydrogen-bond donors (Lipinski definition) is 1. The van der Waals surface area contributed by atoms with Crippen molar-refractivity contribution in [3.05, 3.63) is 53.9 Å². The second-order valence-corrected chi connectivity index (χ2v) is 6.47. The van der Waals surface area contributed by atoms with E-state index in [0.29, 0.717) is 12.8 Å². The summed E-state index contributed by atoms with van der Waals surface area (Å²) in [5.41, 5.74) is 2.91. The first-order chi connectivity index (χ1) is 12.2. The van der Waals surface area contributed by atoms with Gasteiger partial charge >= 0.3 is 0 Å². The number of aromatic nitrogens is 4. The number of imidazole rings is 1. The van der Waals surface area contributed by atoms with Crippen molar-refractivity contribution < 1.29 is 4.79 Å². The molecule has 0 saturated carbocycles. The van der Waals surface area contributed by atoms with Crippen LogP contribution in [0.25, 0.3) is 11.0 Å². The van der Waals surface area contributed by atoms with Gasteiger partial charge in [-0.2, -0.15) is 0 Å². The highest BCUT2D eigenvalue weighted by molar-refractivity contribution is 5.78. The van der Waals surface area contributed by atoms with E-state index in [1.165, 1.54) is 0 Å². The number of likely N-dealkylation sites (tertiary alicyclic amines) is 1. The quantitative estimate of drug-likeness (QED) is 0.795. The Balaban J connectivity index is 1.44. The molecule has 2 aromatic heterocycles. The Kier molecular flexibility index (Phi) is 4.17. The fourth-order valence-corrected chi connectivity index (χ4v) is 3.53. The molecule has 1 atom stereocenters. The van der Waals surface area contributed by atoms with E-state index in [9.17, 15) is 4.79 Å².